The number of hydrogen-bond acceptors (Lipinski definition) is 3. The van der Waals surface area contributed by atoms with Crippen molar-refractivity contribution in [1.82, 2.24) is 10.6 Å². The Labute approximate surface area is 162 Å². The lowest BCUT2D eigenvalue weighted by atomic mass is 9.94. The molecule has 0 spiro atoms. The Morgan fingerprint density at radius 2 is 1.88 bits per heavy atom. The standard InChI is InChI=1S/C19H18ClN3O2S/c1-11-16(18(24)22-14-9-5-4-8-13(14)20)17(23-19(26)21-11)12-7-3-6-10-15(12)25-2/h3-10,17H,1-2H3,(H,22,24)(H2,21,23,26)/t17-/m1/s1. The quantitative estimate of drug-likeness (QED) is 0.697. The zero-order valence-corrected chi connectivity index (χ0v) is 15.9. The normalized spacial score (nSPS) is 16.6. The molecule has 5 nitrogen and oxygen atoms in total. The van der Waals surface area contributed by atoms with E-state index in [0.29, 0.717) is 32.8 Å². The molecule has 1 heterocycles. The van der Waals surface area contributed by atoms with Crippen LogP contribution in [0.4, 0.5) is 5.69 Å². The molecule has 0 radical (unpaired) electrons. The SMILES string of the molecule is COc1ccccc1[C@H]1NC(=S)NC(C)=C1C(=O)Nc1ccccc1Cl. The molecule has 0 fully saturated rings. The summed E-state index contributed by atoms with van der Waals surface area (Å²) in [5.41, 5.74) is 2.56. The topological polar surface area (TPSA) is 62.4 Å². The smallest absolute Gasteiger partial charge is 0.255 e. The van der Waals surface area contributed by atoms with Crippen LogP contribution in [0.5, 0.6) is 5.75 Å². The number of allylic oxidation sites excluding steroid dienone is 1. The van der Waals surface area contributed by atoms with Crippen LogP contribution in [0.25, 0.3) is 0 Å². The number of benzene rings is 2. The van der Waals surface area contributed by atoms with Crippen molar-refractivity contribution < 1.29 is 9.53 Å². The van der Waals surface area contributed by atoms with E-state index >= 15 is 0 Å². The maximum Gasteiger partial charge on any atom is 0.255 e. The summed E-state index contributed by atoms with van der Waals surface area (Å²) in [6, 6.07) is 14.2. The average Bonchev–Trinajstić information content (AvgIpc) is 2.62. The first-order valence-corrected chi connectivity index (χ1v) is 8.77. The van der Waals surface area contributed by atoms with Gasteiger partial charge in [0.1, 0.15) is 5.75 Å². The Morgan fingerprint density at radius 1 is 1.19 bits per heavy atom. The highest BCUT2D eigenvalue weighted by atomic mass is 35.5. The van der Waals surface area contributed by atoms with Crippen LogP contribution >= 0.6 is 23.8 Å². The number of hydrogen-bond donors (Lipinski definition) is 3. The van der Waals surface area contributed by atoms with Gasteiger partial charge in [-0.3, -0.25) is 4.79 Å². The van der Waals surface area contributed by atoms with Crippen LogP contribution in [-0.2, 0) is 4.79 Å². The summed E-state index contributed by atoms with van der Waals surface area (Å²) in [4.78, 5) is 13.0. The van der Waals surface area contributed by atoms with Crippen molar-refractivity contribution in [3.05, 3.63) is 70.4 Å². The van der Waals surface area contributed by atoms with Crippen LogP contribution in [0.2, 0.25) is 5.02 Å². The van der Waals surface area contributed by atoms with E-state index in [1.54, 1.807) is 19.2 Å². The van der Waals surface area contributed by atoms with E-state index in [9.17, 15) is 4.79 Å². The Kier molecular flexibility index (Phi) is 5.44. The third-order valence-corrected chi connectivity index (χ3v) is 4.64. The van der Waals surface area contributed by atoms with E-state index < -0.39 is 6.04 Å². The number of carbonyl (C=O) groups excluding carboxylic acids is 1. The lowest BCUT2D eigenvalue weighted by molar-refractivity contribution is -0.113. The largest absolute Gasteiger partial charge is 0.496 e. The second kappa shape index (κ2) is 7.76. The zero-order valence-electron chi connectivity index (χ0n) is 14.3. The van der Waals surface area contributed by atoms with E-state index in [-0.39, 0.29) is 5.91 Å². The van der Waals surface area contributed by atoms with Gasteiger partial charge in [-0.15, -0.1) is 0 Å². The number of amides is 1. The second-order valence-electron chi connectivity index (χ2n) is 5.75. The minimum atomic E-state index is -0.442. The van der Waals surface area contributed by atoms with E-state index in [1.807, 2.05) is 43.3 Å². The minimum absolute atomic E-state index is 0.269. The van der Waals surface area contributed by atoms with Gasteiger partial charge in [0.15, 0.2) is 5.11 Å². The average molecular weight is 388 g/mol. The van der Waals surface area contributed by atoms with Gasteiger partial charge in [0.05, 0.1) is 29.4 Å². The summed E-state index contributed by atoms with van der Waals surface area (Å²) >= 11 is 11.4. The molecular formula is C19H18ClN3O2S. The molecule has 1 aliphatic heterocycles. The molecule has 0 aromatic heterocycles. The molecule has 0 saturated heterocycles. The predicted molar refractivity (Wildman–Crippen MR) is 107 cm³/mol. The number of carbonyl (C=O) groups is 1. The molecule has 0 saturated carbocycles. The fourth-order valence-corrected chi connectivity index (χ4v) is 3.34. The molecule has 0 aliphatic carbocycles. The zero-order chi connectivity index (χ0) is 18.7. The number of methoxy groups -OCH3 is 1. The van der Waals surface area contributed by atoms with E-state index in [4.69, 9.17) is 28.6 Å². The van der Waals surface area contributed by atoms with Gasteiger partial charge in [0, 0.05) is 11.3 Å². The predicted octanol–water partition coefficient (Wildman–Crippen LogP) is 3.78. The van der Waals surface area contributed by atoms with E-state index in [0.717, 1.165) is 5.56 Å². The Morgan fingerprint density at radius 3 is 2.62 bits per heavy atom. The summed E-state index contributed by atoms with van der Waals surface area (Å²) in [6.07, 6.45) is 0. The Balaban J connectivity index is 2.01. The Hall–Kier alpha value is -2.57. The molecule has 7 heteroatoms. The van der Waals surface area contributed by atoms with Crippen molar-refractivity contribution in [3.8, 4) is 5.75 Å². The van der Waals surface area contributed by atoms with Crippen molar-refractivity contribution >= 4 is 40.5 Å². The number of nitrogens with one attached hydrogen (secondary N) is 3. The van der Waals surface area contributed by atoms with Gasteiger partial charge in [-0.25, -0.2) is 0 Å². The molecule has 0 bridgehead atoms. The van der Waals surface area contributed by atoms with Gasteiger partial charge in [-0.2, -0.15) is 0 Å². The third kappa shape index (κ3) is 3.66. The number of para-hydroxylation sites is 2. The molecule has 1 amide bonds. The highest BCUT2D eigenvalue weighted by molar-refractivity contribution is 7.80. The van der Waals surface area contributed by atoms with Crippen LogP contribution in [0.3, 0.4) is 0 Å². The number of halogens is 1. The monoisotopic (exact) mass is 387 g/mol. The molecule has 2 aromatic rings. The molecule has 1 aliphatic rings. The van der Waals surface area contributed by atoms with Gasteiger partial charge in [-0.1, -0.05) is 41.9 Å². The molecule has 3 rings (SSSR count). The number of rotatable bonds is 4. The third-order valence-electron chi connectivity index (χ3n) is 4.09. The van der Waals surface area contributed by atoms with Crippen molar-refractivity contribution in [2.45, 2.75) is 13.0 Å². The minimum Gasteiger partial charge on any atom is -0.496 e. The highest BCUT2D eigenvalue weighted by Gasteiger charge is 2.31. The summed E-state index contributed by atoms with van der Waals surface area (Å²) in [5, 5.41) is 9.96. The lowest BCUT2D eigenvalue weighted by Gasteiger charge is -2.31. The first-order valence-electron chi connectivity index (χ1n) is 7.98. The summed E-state index contributed by atoms with van der Waals surface area (Å²) < 4.78 is 5.46. The van der Waals surface area contributed by atoms with Crippen molar-refractivity contribution in [3.63, 3.8) is 0 Å². The number of thiocarbonyl (C=S) groups is 1. The number of ether oxygens (including phenoxy) is 1. The van der Waals surface area contributed by atoms with Crippen molar-refractivity contribution in [1.29, 1.82) is 0 Å². The van der Waals surface area contributed by atoms with Crippen LogP contribution in [-0.4, -0.2) is 18.1 Å². The fraction of sp³-hybridized carbons (Fsp3) is 0.158. The molecule has 2 aromatic carbocycles. The summed E-state index contributed by atoms with van der Waals surface area (Å²) in [5.74, 6) is 0.402. The van der Waals surface area contributed by atoms with Crippen LogP contribution in [0, 0.1) is 0 Å². The molecule has 134 valence electrons. The lowest BCUT2D eigenvalue weighted by Crippen LogP contribution is -2.45. The van der Waals surface area contributed by atoms with Gasteiger partial charge in [-0.05, 0) is 37.3 Å². The van der Waals surface area contributed by atoms with Gasteiger partial charge in [0.25, 0.3) is 5.91 Å². The molecule has 26 heavy (non-hydrogen) atoms. The van der Waals surface area contributed by atoms with E-state index in [1.165, 1.54) is 0 Å². The maximum absolute atomic E-state index is 13.0. The first-order chi connectivity index (χ1) is 12.5. The van der Waals surface area contributed by atoms with Gasteiger partial charge < -0.3 is 20.7 Å². The van der Waals surface area contributed by atoms with E-state index in [2.05, 4.69) is 16.0 Å². The van der Waals surface area contributed by atoms with Crippen LogP contribution in [0.15, 0.2) is 59.8 Å². The second-order valence-corrected chi connectivity index (χ2v) is 6.56. The molecule has 0 unspecified atom stereocenters. The molecule has 1 atom stereocenters. The Bertz CT molecular complexity index is 898. The van der Waals surface area contributed by atoms with Gasteiger partial charge in [0.2, 0.25) is 0 Å². The fourth-order valence-electron chi connectivity index (χ4n) is 2.89. The first kappa shape index (κ1) is 18.2. The molecule has 3 N–H and O–H groups in total. The van der Waals surface area contributed by atoms with Crippen molar-refractivity contribution in [2.75, 3.05) is 12.4 Å². The number of anilines is 1. The maximum atomic E-state index is 13.0. The summed E-state index contributed by atoms with van der Waals surface area (Å²) in [6.45, 7) is 1.82. The van der Waals surface area contributed by atoms with Crippen LogP contribution in [0.1, 0.15) is 18.5 Å². The van der Waals surface area contributed by atoms with Crippen LogP contribution < -0.4 is 20.7 Å². The summed E-state index contributed by atoms with van der Waals surface area (Å²) in [7, 11) is 1.60. The van der Waals surface area contributed by atoms with Crippen molar-refractivity contribution in [2.24, 2.45) is 0 Å². The highest BCUT2D eigenvalue weighted by Crippen LogP contribution is 2.33. The molecular weight excluding hydrogens is 370 g/mol. The van der Waals surface area contributed by atoms with Gasteiger partial charge >= 0.3 is 0 Å².